The minimum absolute atomic E-state index is 0.207. The van der Waals surface area contributed by atoms with E-state index in [1.165, 1.54) is 16.7 Å². The van der Waals surface area contributed by atoms with Gasteiger partial charge in [0.2, 0.25) is 0 Å². The van der Waals surface area contributed by atoms with E-state index in [0.29, 0.717) is 6.54 Å². The van der Waals surface area contributed by atoms with Gasteiger partial charge >= 0.3 is 0 Å². The van der Waals surface area contributed by atoms with Crippen LogP contribution in [0.1, 0.15) is 47.2 Å². The molecule has 124 valence electrons. The summed E-state index contributed by atoms with van der Waals surface area (Å²) in [6, 6.07) is 4.55. The molecule has 1 aliphatic heterocycles. The number of aryl methyl sites for hydroxylation is 3. The van der Waals surface area contributed by atoms with Crippen LogP contribution in [0.5, 0.6) is 5.75 Å². The SMILES string of the molecule is Cc1cc2c(cc1C)[C@@H](NC[C@H](O)c1cnn(C)c1)CCCO2. The number of hydrogen-bond acceptors (Lipinski definition) is 4. The first-order chi connectivity index (χ1) is 11.0. The Hall–Kier alpha value is -1.85. The van der Waals surface area contributed by atoms with Crippen LogP contribution >= 0.6 is 0 Å². The molecule has 0 fully saturated rings. The van der Waals surface area contributed by atoms with E-state index in [2.05, 4.69) is 36.4 Å². The molecule has 1 aromatic carbocycles. The maximum Gasteiger partial charge on any atom is 0.124 e. The maximum atomic E-state index is 10.3. The first-order valence-corrected chi connectivity index (χ1v) is 8.18. The van der Waals surface area contributed by atoms with Crippen molar-refractivity contribution in [2.24, 2.45) is 7.05 Å². The summed E-state index contributed by atoms with van der Waals surface area (Å²) < 4.78 is 7.60. The van der Waals surface area contributed by atoms with Gasteiger partial charge in [-0.15, -0.1) is 0 Å². The Labute approximate surface area is 137 Å². The first-order valence-electron chi connectivity index (χ1n) is 8.18. The van der Waals surface area contributed by atoms with Crippen LogP contribution < -0.4 is 10.1 Å². The van der Waals surface area contributed by atoms with Crippen LogP contribution in [0.2, 0.25) is 0 Å². The summed E-state index contributed by atoms with van der Waals surface area (Å²) >= 11 is 0. The predicted molar refractivity (Wildman–Crippen MR) is 89.6 cm³/mol. The Morgan fingerprint density at radius 1 is 1.39 bits per heavy atom. The minimum Gasteiger partial charge on any atom is -0.493 e. The zero-order chi connectivity index (χ0) is 16.4. The summed E-state index contributed by atoms with van der Waals surface area (Å²) in [4.78, 5) is 0. The lowest BCUT2D eigenvalue weighted by Crippen LogP contribution is -2.26. The number of ether oxygens (including phenoxy) is 1. The van der Waals surface area contributed by atoms with Crippen molar-refractivity contribution in [2.45, 2.75) is 38.8 Å². The molecule has 0 radical (unpaired) electrons. The molecule has 0 saturated carbocycles. The standard InChI is InChI=1S/C18H25N3O2/c1-12-7-15-16(5-4-6-23-18(15)8-13(12)2)19-10-17(22)14-9-20-21(3)11-14/h7-9,11,16-17,19,22H,4-6,10H2,1-3H3/t16-,17-/m0/s1. The zero-order valence-corrected chi connectivity index (χ0v) is 14.0. The molecule has 0 unspecified atom stereocenters. The van der Waals surface area contributed by atoms with E-state index in [-0.39, 0.29) is 6.04 Å². The second-order valence-electron chi connectivity index (χ2n) is 6.39. The summed E-state index contributed by atoms with van der Waals surface area (Å²) in [5.74, 6) is 0.971. The lowest BCUT2D eigenvalue weighted by Gasteiger charge is -2.21. The molecule has 2 N–H and O–H groups in total. The second kappa shape index (κ2) is 6.72. The van der Waals surface area contributed by atoms with E-state index in [0.717, 1.165) is 30.8 Å². The van der Waals surface area contributed by atoms with Crippen molar-refractivity contribution >= 4 is 0 Å². The highest BCUT2D eigenvalue weighted by Gasteiger charge is 2.21. The number of fused-ring (bicyclic) bond motifs is 1. The van der Waals surface area contributed by atoms with Gasteiger partial charge < -0.3 is 15.2 Å². The third kappa shape index (κ3) is 3.57. The highest BCUT2D eigenvalue weighted by atomic mass is 16.5. The molecular weight excluding hydrogens is 290 g/mol. The number of nitrogens with zero attached hydrogens (tertiary/aromatic N) is 2. The van der Waals surface area contributed by atoms with Crippen molar-refractivity contribution in [3.8, 4) is 5.75 Å². The van der Waals surface area contributed by atoms with Gasteiger partial charge in [0.1, 0.15) is 5.75 Å². The fraction of sp³-hybridized carbons (Fsp3) is 0.500. The number of benzene rings is 1. The number of aromatic nitrogens is 2. The number of nitrogens with one attached hydrogen (secondary N) is 1. The van der Waals surface area contributed by atoms with Crippen LogP contribution in [0.25, 0.3) is 0 Å². The van der Waals surface area contributed by atoms with Crippen LogP contribution in [-0.4, -0.2) is 28.0 Å². The quantitative estimate of drug-likeness (QED) is 0.910. The second-order valence-corrected chi connectivity index (χ2v) is 6.39. The molecule has 2 atom stereocenters. The van der Waals surface area contributed by atoms with E-state index >= 15 is 0 Å². The molecule has 0 bridgehead atoms. The van der Waals surface area contributed by atoms with Crippen molar-refractivity contribution in [1.29, 1.82) is 0 Å². The number of aliphatic hydroxyl groups excluding tert-OH is 1. The summed E-state index contributed by atoms with van der Waals surface area (Å²) in [7, 11) is 1.85. The van der Waals surface area contributed by atoms with Gasteiger partial charge in [0, 0.05) is 37.0 Å². The van der Waals surface area contributed by atoms with Crippen LogP contribution in [-0.2, 0) is 7.05 Å². The van der Waals surface area contributed by atoms with Gasteiger partial charge in [-0.2, -0.15) is 5.10 Å². The van der Waals surface area contributed by atoms with Gasteiger partial charge in [0.15, 0.2) is 0 Å². The molecule has 1 aromatic heterocycles. The monoisotopic (exact) mass is 315 g/mol. The Kier molecular flexibility index (Phi) is 4.68. The molecular formula is C18H25N3O2. The molecule has 5 nitrogen and oxygen atoms in total. The number of rotatable bonds is 4. The zero-order valence-electron chi connectivity index (χ0n) is 14.0. The van der Waals surface area contributed by atoms with Gasteiger partial charge in [0.05, 0.1) is 18.9 Å². The summed E-state index contributed by atoms with van der Waals surface area (Å²) in [5.41, 5.74) is 4.56. The summed E-state index contributed by atoms with van der Waals surface area (Å²) in [5, 5.41) is 18.0. The number of aliphatic hydroxyl groups is 1. The predicted octanol–water partition coefficient (Wildman–Crippen LogP) is 2.57. The van der Waals surface area contributed by atoms with Gasteiger partial charge in [-0.3, -0.25) is 4.68 Å². The molecule has 0 amide bonds. The van der Waals surface area contributed by atoms with Crippen molar-refractivity contribution in [3.05, 3.63) is 46.8 Å². The fourth-order valence-corrected chi connectivity index (χ4v) is 3.03. The third-order valence-electron chi connectivity index (χ3n) is 4.56. The van der Waals surface area contributed by atoms with E-state index in [1.54, 1.807) is 10.9 Å². The summed E-state index contributed by atoms with van der Waals surface area (Å²) in [6.07, 6.45) is 5.03. The van der Waals surface area contributed by atoms with Crippen molar-refractivity contribution < 1.29 is 9.84 Å². The van der Waals surface area contributed by atoms with Gasteiger partial charge in [0.25, 0.3) is 0 Å². The molecule has 23 heavy (non-hydrogen) atoms. The maximum absolute atomic E-state index is 10.3. The Morgan fingerprint density at radius 2 is 2.17 bits per heavy atom. The van der Waals surface area contributed by atoms with E-state index in [1.807, 2.05) is 13.2 Å². The molecule has 2 heterocycles. The Balaban J connectivity index is 1.74. The molecule has 5 heteroatoms. The topological polar surface area (TPSA) is 59.3 Å². The summed E-state index contributed by atoms with van der Waals surface area (Å²) in [6.45, 7) is 5.49. The van der Waals surface area contributed by atoms with Crippen LogP contribution in [0.4, 0.5) is 0 Å². The molecule has 3 rings (SSSR count). The van der Waals surface area contributed by atoms with Gasteiger partial charge in [-0.05, 0) is 43.9 Å². The highest BCUT2D eigenvalue weighted by molar-refractivity contribution is 5.44. The van der Waals surface area contributed by atoms with Gasteiger partial charge in [-0.1, -0.05) is 6.07 Å². The van der Waals surface area contributed by atoms with Crippen molar-refractivity contribution in [2.75, 3.05) is 13.2 Å². The van der Waals surface area contributed by atoms with Crippen molar-refractivity contribution in [1.82, 2.24) is 15.1 Å². The fourth-order valence-electron chi connectivity index (χ4n) is 3.03. The highest BCUT2D eigenvalue weighted by Crippen LogP contribution is 2.34. The molecule has 0 spiro atoms. The Bertz CT molecular complexity index is 681. The molecule has 0 aliphatic carbocycles. The molecule has 0 saturated heterocycles. The van der Waals surface area contributed by atoms with Gasteiger partial charge in [-0.25, -0.2) is 0 Å². The molecule has 2 aromatic rings. The molecule has 1 aliphatic rings. The van der Waals surface area contributed by atoms with E-state index in [4.69, 9.17) is 4.74 Å². The first kappa shape index (κ1) is 16.0. The smallest absolute Gasteiger partial charge is 0.124 e. The average Bonchev–Trinajstić information content (AvgIpc) is 2.87. The Morgan fingerprint density at radius 3 is 2.91 bits per heavy atom. The lowest BCUT2D eigenvalue weighted by atomic mass is 9.97. The van der Waals surface area contributed by atoms with Crippen LogP contribution in [0.15, 0.2) is 24.5 Å². The van der Waals surface area contributed by atoms with Crippen LogP contribution in [0.3, 0.4) is 0 Å². The van der Waals surface area contributed by atoms with Crippen LogP contribution in [0, 0.1) is 13.8 Å². The average molecular weight is 315 g/mol. The normalized spacial score (nSPS) is 18.9. The number of hydrogen-bond donors (Lipinski definition) is 2. The lowest BCUT2D eigenvalue weighted by molar-refractivity contribution is 0.169. The third-order valence-corrected chi connectivity index (χ3v) is 4.56. The van der Waals surface area contributed by atoms with E-state index < -0.39 is 6.10 Å². The van der Waals surface area contributed by atoms with Crippen molar-refractivity contribution in [3.63, 3.8) is 0 Å². The minimum atomic E-state index is -0.553. The largest absolute Gasteiger partial charge is 0.493 e. The van der Waals surface area contributed by atoms with E-state index in [9.17, 15) is 5.11 Å².